The van der Waals surface area contributed by atoms with Gasteiger partial charge in [-0.15, -0.1) is 0 Å². The minimum absolute atomic E-state index is 0.00111. The third-order valence-electron chi connectivity index (χ3n) is 3.86. The first-order valence-electron chi connectivity index (χ1n) is 8.60. The van der Waals surface area contributed by atoms with Crippen molar-refractivity contribution >= 4 is 11.8 Å². The van der Waals surface area contributed by atoms with Crippen molar-refractivity contribution in [3.63, 3.8) is 0 Å². The van der Waals surface area contributed by atoms with Gasteiger partial charge >= 0.3 is 0 Å². The van der Waals surface area contributed by atoms with Crippen LogP contribution in [0.4, 0.5) is 0 Å². The van der Waals surface area contributed by atoms with E-state index in [0.717, 1.165) is 12.8 Å². The van der Waals surface area contributed by atoms with Crippen LogP contribution in [0.3, 0.4) is 0 Å². The number of hydrogen-bond acceptors (Lipinski definition) is 3. The minimum Gasteiger partial charge on any atom is -0.459 e. The zero-order valence-corrected chi connectivity index (χ0v) is 14.7. The van der Waals surface area contributed by atoms with Gasteiger partial charge in [-0.05, 0) is 31.4 Å². The molecule has 0 fully saturated rings. The molecule has 5 nitrogen and oxygen atoms in total. The Hall–Kier alpha value is -1.78. The Morgan fingerprint density at radius 3 is 2.43 bits per heavy atom. The average Bonchev–Trinajstić information content (AvgIpc) is 3.02. The van der Waals surface area contributed by atoms with E-state index in [9.17, 15) is 9.59 Å². The van der Waals surface area contributed by atoms with Crippen LogP contribution < -0.4 is 10.6 Å². The third kappa shape index (κ3) is 6.89. The summed E-state index contributed by atoms with van der Waals surface area (Å²) in [6, 6.07) is 2.78. The van der Waals surface area contributed by atoms with Crippen molar-refractivity contribution in [3.8, 4) is 0 Å². The number of amides is 2. The number of hydrogen-bond donors (Lipinski definition) is 2. The molecule has 1 rings (SSSR count). The smallest absolute Gasteiger partial charge is 0.287 e. The average molecular weight is 322 g/mol. The molecule has 5 heteroatoms. The molecule has 0 bridgehead atoms. The van der Waals surface area contributed by atoms with Crippen molar-refractivity contribution in [1.82, 2.24) is 10.6 Å². The van der Waals surface area contributed by atoms with Crippen LogP contribution in [-0.2, 0) is 4.79 Å². The third-order valence-corrected chi connectivity index (χ3v) is 3.86. The monoisotopic (exact) mass is 322 g/mol. The van der Waals surface area contributed by atoms with Gasteiger partial charge in [0, 0.05) is 6.04 Å². The predicted molar refractivity (Wildman–Crippen MR) is 91.2 cm³/mol. The molecule has 2 unspecified atom stereocenters. The van der Waals surface area contributed by atoms with Crippen LogP contribution in [0.5, 0.6) is 0 Å². The normalized spacial score (nSPS) is 13.6. The summed E-state index contributed by atoms with van der Waals surface area (Å²) >= 11 is 0. The van der Waals surface area contributed by atoms with Gasteiger partial charge in [0.25, 0.3) is 5.91 Å². The van der Waals surface area contributed by atoms with E-state index in [1.54, 1.807) is 12.1 Å². The van der Waals surface area contributed by atoms with Gasteiger partial charge in [-0.1, -0.05) is 46.5 Å². The number of nitrogens with one attached hydrogen (secondary N) is 2. The lowest BCUT2D eigenvalue weighted by atomic mass is 10.0. The van der Waals surface area contributed by atoms with E-state index < -0.39 is 6.04 Å². The van der Waals surface area contributed by atoms with Crippen LogP contribution in [0.2, 0.25) is 0 Å². The van der Waals surface area contributed by atoms with E-state index in [0.29, 0.717) is 0 Å². The molecule has 0 aliphatic rings. The molecule has 1 heterocycles. The number of furan rings is 1. The van der Waals surface area contributed by atoms with Gasteiger partial charge in [-0.3, -0.25) is 9.59 Å². The Kier molecular flexibility index (Phi) is 8.45. The second-order valence-corrected chi connectivity index (χ2v) is 6.43. The molecule has 130 valence electrons. The maximum absolute atomic E-state index is 12.4. The molecular formula is C18H30N2O3. The Labute approximate surface area is 139 Å². The van der Waals surface area contributed by atoms with Crippen molar-refractivity contribution in [1.29, 1.82) is 0 Å². The fraction of sp³-hybridized carbons (Fsp3) is 0.667. The van der Waals surface area contributed by atoms with E-state index in [4.69, 9.17) is 4.42 Å². The van der Waals surface area contributed by atoms with Crippen molar-refractivity contribution in [2.45, 2.75) is 71.9 Å². The summed E-state index contributed by atoms with van der Waals surface area (Å²) in [6.45, 7) is 8.02. The number of unbranched alkanes of at least 4 members (excludes halogenated alkanes) is 3. The summed E-state index contributed by atoms with van der Waals surface area (Å²) < 4.78 is 5.07. The van der Waals surface area contributed by atoms with Crippen LogP contribution in [0, 0.1) is 5.92 Å². The molecular weight excluding hydrogens is 292 g/mol. The van der Waals surface area contributed by atoms with E-state index in [-0.39, 0.29) is 29.5 Å². The van der Waals surface area contributed by atoms with Crippen molar-refractivity contribution in [2.24, 2.45) is 5.92 Å². The molecule has 2 amide bonds. The second-order valence-electron chi connectivity index (χ2n) is 6.43. The Balaban J connectivity index is 2.49. The first-order valence-corrected chi connectivity index (χ1v) is 8.60. The molecule has 0 saturated heterocycles. The molecule has 0 aliphatic heterocycles. The Bertz CT molecular complexity index is 469. The predicted octanol–water partition coefficient (Wildman–Crippen LogP) is 3.51. The fourth-order valence-electron chi connectivity index (χ4n) is 2.44. The van der Waals surface area contributed by atoms with Crippen LogP contribution in [-0.4, -0.2) is 23.9 Å². The molecule has 1 aromatic rings. The lowest BCUT2D eigenvalue weighted by molar-refractivity contribution is -0.124. The van der Waals surface area contributed by atoms with Gasteiger partial charge in [0.15, 0.2) is 5.76 Å². The van der Waals surface area contributed by atoms with E-state index in [2.05, 4.69) is 17.6 Å². The second kappa shape index (κ2) is 10.1. The SMILES string of the molecule is CCCCCCC(C)NC(=O)C(NC(=O)c1ccco1)C(C)C. The highest BCUT2D eigenvalue weighted by Gasteiger charge is 2.26. The number of carbonyl (C=O) groups is 2. The summed E-state index contributed by atoms with van der Waals surface area (Å²) in [6.07, 6.45) is 7.14. The van der Waals surface area contributed by atoms with Gasteiger partial charge in [-0.25, -0.2) is 0 Å². The van der Waals surface area contributed by atoms with E-state index in [1.165, 1.54) is 25.5 Å². The van der Waals surface area contributed by atoms with Crippen LogP contribution in [0.15, 0.2) is 22.8 Å². The first-order chi connectivity index (χ1) is 11.0. The molecule has 0 radical (unpaired) electrons. The van der Waals surface area contributed by atoms with Crippen LogP contribution >= 0.6 is 0 Å². The summed E-state index contributed by atoms with van der Waals surface area (Å²) in [5.74, 6) is -0.278. The van der Waals surface area contributed by atoms with Crippen molar-refractivity contribution in [3.05, 3.63) is 24.2 Å². The van der Waals surface area contributed by atoms with Crippen LogP contribution in [0.1, 0.15) is 70.4 Å². The van der Waals surface area contributed by atoms with Gasteiger partial charge in [-0.2, -0.15) is 0 Å². The number of carbonyl (C=O) groups excluding carboxylic acids is 2. The summed E-state index contributed by atoms with van der Waals surface area (Å²) in [7, 11) is 0. The van der Waals surface area contributed by atoms with Gasteiger partial charge in [0.1, 0.15) is 6.04 Å². The zero-order valence-electron chi connectivity index (χ0n) is 14.7. The van der Waals surface area contributed by atoms with Gasteiger partial charge < -0.3 is 15.1 Å². The van der Waals surface area contributed by atoms with Crippen LogP contribution in [0.25, 0.3) is 0 Å². The first kappa shape index (κ1) is 19.3. The molecule has 0 aromatic carbocycles. The molecule has 23 heavy (non-hydrogen) atoms. The molecule has 2 N–H and O–H groups in total. The van der Waals surface area contributed by atoms with E-state index in [1.807, 2.05) is 20.8 Å². The lowest BCUT2D eigenvalue weighted by Crippen LogP contribution is -2.51. The number of rotatable bonds is 10. The van der Waals surface area contributed by atoms with Gasteiger partial charge in [0.2, 0.25) is 5.91 Å². The summed E-state index contributed by atoms with van der Waals surface area (Å²) in [5, 5.41) is 5.76. The quantitative estimate of drug-likeness (QED) is 0.648. The topological polar surface area (TPSA) is 71.3 Å². The maximum atomic E-state index is 12.4. The standard InChI is InChI=1S/C18H30N2O3/c1-5-6-7-8-10-14(4)19-18(22)16(13(2)3)20-17(21)15-11-9-12-23-15/h9,11-14,16H,5-8,10H2,1-4H3,(H,19,22)(H,20,21). The Morgan fingerprint density at radius 2 is 1.87 bits per heavy atom. The zero-order chi connectivity index (χ0) is 17.2. The molecule has 1 aromatic heterocycles. The lowest BCUT2D eigenvalue weighted by Gasteiger charge is -2.23. The highest BCUT2D eigenvalue weighted by Crippen LogP contribution is 2.08. The van der Waals surface area contributed by atoms with Crippen molar-refractivity contribution in [2.75, 3.05) is 0 Å². The summed E-state index contributed by atoms with van der Waals surface area (Å²) in [4.78, 5) is 24.5. The summed E-state index contributed by atoms with van der Waals surface area (Å²) in [5.41, 5.74) is 0. The highest BCUT2D eigenvalue weighted by molar-refractivity contribution is 5.95. The van der Waals surface area contributed by atoms with Crippen molar-refractivity contribution < 1.29 is 14.0 Å². The molecule has 0 aliphatic carbocycles. The maximum Gasteiger partial charge on any atom is 0.287 e. The molecule has 2 atom stereocenters. The fourth-order valence-corrected chi connectivity index (χ4v) is 2.44. The van der Waals surface area contributed by atoms with Gasteiger partial charge in [0.05, 0.1) is 6.26 Å². The Morgan fingerprint density at radius 1 is 1.13 bits per heavy atom. The minimum atomic E-state index is -0.564. The molecule has 0 spiro atoms. The molecule has 0 saturated carbocycles. The highest BCUT2D eigenvalue weighted by atomic mass is 16.3. The largest absolute Gasteiger partial charge is 0.459 e. The van der Waals surface area contributed by atoms with E-state index >= 15 is 0 Å².